The highest BCUT2D eigenvalue weighted by molar-refractivity contribution is 5.46. The Bertz CT molecular complexity index is 540. The first-order valence-electron chi connectivity index (χ1n) is 7.95. The van der Waals surface area contributed by atoms with Crippen molar-refractivity contribution < 1.29 is 0 Å². The van der Waals surface area contributed by atoms with E-state index < -0.39 is 0 Å². The number of piperazine rings is 1. The SMILES string of the molecule is CCc1ccc(CN2CCN(c3ccccc3)CC2)cc1. The Morgan fingerprint density at radius 1 is 0.762 bits per heavy atom. The van der Waals surface area contributed by atoms with Gasteiger partial charge in [-0.05, 0) is 29.7 Å². The van der Waals surface area contributed by atoms with Crippen LogP contribution in [0.2, 0.25) is 0 Å². The van der Waals surface area contributed by atoms with E-state index in [2.05, 4.69) is 71.3 Å². The van der Waals surface area contributed by atoms with Crippen LogP contribution in [0.1, 0.15) is 18.1 Å². The second-order valence-corrected chi connectivity index (χ2v) is 5.77. The molecule has 0 aromatic heterocycles. The van der Waals surface area contributed by atoms with Gasteiger partial charge in [0.1, 0.15) is 0 Å². The molecule has 2 aromatic rings. The zero-order chi connectivity index (χ0) is 14.5. The summed E-state index contributed by atoms with van der Waals surface area (Å²) < 4.78 is 0. The fraction of sp³-hybridized carbons (Fsp3) is 0.368. The van der Waals surface area contributed by atoms with E-state index in [1.54, 1.807) is 0 Å². The summed E-state index contributed by atoms with van der Waals surface area (Å²) in [6, 6.07) is 19.8. The van der Waals surface area contributed by atoms with Crippen LogP contribution in [0, 0.1) is 0 Å². The lowest BCUT2D eigenvalue weighted by atomic mass is 10.1. The van der Waals surface area contributed by atoms with Gasteiger partial charge in [-0.3, -0.25) is 4.90 Å². The summed E-state index contributed by atoms with van der Waals surface area (Å²) in [5.41, 5.74) is 4.21. The third-order valence-corrected chi connectivity index (χ3v) is 4.33. The molecule has 0 radical (unpaired) electrons. The van der Waals surface area contributed by atoms with Crippen molar-refractivity contribution >= 4 is 5.69 Å². The van der Waals surface area contributed by atoms with Crippen molar-refractivity contribution in [2.45, 2.75) is 19.9 Å². The van der Waals surface area contributed by atoms with Crippen LogP contribution in [-0.4, -0.2) is 31.1 Å². The molecule has 2 aromatic carbocycles. The summed E-state index contributed by atoms with van der Waals surface area (Å²) in [4.78, 5) is 5.04. The Hall–Kier alpha value is -1.80. The largest absolute Gasteiger partial charge is 0.369 e. The minimum atomic E-state index is 1.08. The first-order chi connectivity index (χ1) is 10.3. The Morgan fingerprint density at radius 3 is 2.00 bits per heavy atom. The van der Waals surface area contributed by atoms with E-state index in [0.29, 0.717) is 0 Å². The topological polar surface area (TPSA) is 6.48 Å². The summed E-state index contributed by atoms with van der Waals surface area (Å²) in [6.07, 6.45) is 1.12. The Labute approximate surface area is 128 Å². The lowest BCUT2D eigenvalue weighted by Gasteiger charge is -2.36. The molecule has 1 fully saturated rings. The highest BCUT2D eigenvalue weighted by Crippen LogP contribution is 2.17. The number of para-hydroxylation sites is 1. The molecule has 1 heterocycles. The van der Waals surface area contributed by atoms with Crippen LogP contribution >= 0.6 is 0 Å². The molecular formula is C19H24N2. The summed E-state index contributed by atoms with van der Waals surface area (Å²) in [6.45, 7) is 7.81. The minimum Gasteiger partial charge on any atom is -0.369 e. The van der Waals surface area contributed by atoms with Crippen molar-refractivity contribution in [1.29, 1.82) is 0 Å². The zero-order valence-electron chi connectivity index (χ0n) is 12.8. The monoisotopic (exact) mass is 280 g/mol. The van der Waals surface area contributed by atoms with Crippen LogP contribution in [0.3, 0.4) is 0 Å². The molecule has 0 bridgehead atoms. The van der Waals surface area contributed by atoms with Gasteiger partial charge in [0.2, 0.25) is 0 Å². The van der Waals surface area contributed by atoms with Crippen molar-refractivity contribution in [3.05, 3.63) is 65.7 Å². The standard InChI is InChI=1S/C19H24N2/c1-2-17-8-10-18(11-9-17)16-20-12-14-21(15-13-20)19-6-4-3-5-7-19/h3-11H,2,12-16H2,1H3. The normalized spacial score (nSPS) is 16.1. The highest BCUT2D eigenvalue weighted by atomic mass is 15.3. The average molecular weight is 280 g/mol. The molecule has 21 heavy (non-hydrogen) atoms. The molecule has 0 unspecified atom stereocenters. The van der Waals surface area contributed by atoms with Crippen LogP contribution in [0.25, 0.3) is 0 Å². The van der Waals surface area contributed by atoms with Gasteiger partial charge in [0.05, 0.1) is 0 Å². The quantitative estimate of drug-likeness (QED) is 0.845. The van der Waals surface area contributed by atoms with E-state index in [9.17, 15) is 0 Å². The molecule has 0 spiro atoms. The fourth-order valence-corrected chi connectivity index (χ4v) is 2.94. The van der Waals surface area contributed by atoms with Gasteiger partial charge >= 0.3 is 0 Å². The van der Waals surface area contributed by atoms with Gasteiger partial charge in [0.25, 0.3) is 0 Å². The van der Waals surface area contributed by atoms with Gasteiger partial charge in [0, 0.05) is 38.4 Å². The summed E-state index contributed by atoms with van der Waals surface area (Å²) in [7, 11) is 0. The van der Waals surface area contributed by atoms with Crippen molar-refractivity contribution in [1.82, 2.24) is 4.90 Å². The number of hydrogen-bond donors (Lipinski definition) is 0. The van der Waals surface area contributed by atoms with Crippen LogP contribution in [0.5, 0.6) is 0 Å². The predicted molar refractivity (Wildman–Crippen MR) is 89.8 cm³/mol. The Kier molecular flexibility index (Phi) is 4.56. The number of nitrogens with zero attached hydrogens (tertiary/aromatic N) is 2. The van der Waals surface area contributed by atoms with Gasteiger partial charge in [-0.25, -0.2) is 0 Å². The molecule has 1 aliphatic rings. The van der Waals surface area contributed by atoms with Gasteiger partial charge in [-0.2, -0.15) is 0 Å². The van der Waals surface area contributed by atoms with E-state index in [1.165, 1.54) is 16.8 Å². The molecule has 2 nitrogen and oxygen atoms in total. The lowest BCUT2D eigenvalue weighted by Crippen LogP contribution is -2.45. The van der Waals surface area contributed by atoms with Crippen molar-refractivity contribution in [3.63, 3.8) is 0 Å². The van der Waals surface area contributed by atoms with E-state index in [1.807, 2.05) is 0 Å². The maximum absolute atomic E-state index is 2.56. The van der Waals surface area contributed by atoms with Crippen LogP contribution in [0.15, 0.2) is 54.6 Å². The van der Waals surface area contributed by atoms with E-state index in [4.69, 9.17) is 0 Å². The molecule has 2 heteroatoms. The molecule has 0 saturated carbocycles. The zero-order valence-corrected chi connectivity index (χ0v) is 12.8. The molecule has 3 rings (SSSR count). The van der Waals surface area contributed by atoms with Crippen LogP contribution in [-0.2, 0) is 13.0 Å². The predicted octanol–water partition coefficient (Wildman–Crippen LogP) is 3.57. The third-order valence-electron chi connectivity index (χ3n) is 4.33. The fourth-order valence-electron chi connectivity index (χ4n) is 2.94. The maximum atomic E-state index is 2.56. The number of hydrogen-bond acceptors (Lipinski definition) is 2. The summed E-state index contributed by atoms with van der Waals surface area (Å²) >= 11 is 0. The molecule has 0 N–H and O–H groups in total. The number of anilines is 1. The number of benzene rings is 2. The molecular weight excluding hydrogens is 256 g/mol. The van der Waals surface area contributed by atoms with Crippen LogP contribution < -0.4 is 4.90 Å². The molecule has 1 saturated heterocycles. The molecule has 0 atom stereocenters. The second-order valence-electron chi connectivity index (χ2n) is 5.77. The summed E-state index contributed by atoms with van der Waals surface area (Å²) in [5.74, 6) is 0. The first kappa shape index (κ1) is 14.2. The summed E-state index contributed by atoms with van der Waals surface area (Å²) in [5, 5.41) is 0. The third kappa shape index (κ3) is 3.64. The van der Waals surface area contributed by atoms with Gasteiger partial charge in [-0.15, -0.1) is 0 Å². The van der Waals surface area contributed by atoms with E-state index in [-0.39, 0.29) is 0 Å². The smallest absolute Gasteiger partial charge is 0.0367 e. The van der Waals surface area contributed by atoms with Crippen molar-refractivity contribution in [3.8, 4) is 0 Å². The van der Waals surface area contributed by atoms with E-state index >= 15 is 0 Å². The van der Waals surface area contributed by atoms with Crippen LogP contribution in [0.4, 0.5) is 5.69 Å². The minimum absolute atomic E-state index is 1.08. The van der Waals surface area contributed by atoms with Gasteiger partial charge in [-0.1, -0.05) is 49.4 Å². The maximum Gasteiger partial charge on any atom is 0.0367 e. The van der Waals surface area contributed by atoms with Crippen molar-refractivity contribution in [2.24, 2.45) is 0 Å². The molecule has 0 aliphatic carbocycles. The Morgan fingerprint density at radius 2 is 1.38 bits per heavy atom. The molecule has 0 amide bonds. The highest BCUT2D eigenvalue weighted by Gasteiger charge is 2.16. The second kappa shape index (κ2) is 6.77. The molecule has 1 aliphatic heterocycles. The average Bonchev–Trinajstić information content (AvgIpc) is 2.57. The lowest BCUT2D eigenvalue weighted by molar-refractivity contribution is 0.250. The number of aryl methyl sites for hydroxylation is 1. The van der Waals surface area contributed by atoms with Crippen molar-refractivity contribution in [2.75, 3.05) is 31.1 Å². The number of rotatable bonds is 4. The van der Waals surface area contributed by atoms with Gasteiger partial charge in [0.15, 0.2) is 0 Å². The van der Waals surface area contributed by atoms with Gasteiger partial charge < -0.3 is 4.90 Å². The Balaban J connectivity index is 1.53. The molecule has 110 valence electrons. The van der Waals surface area contributed by atoms with E-state index in [0.717, 1.165) is 39.1 Å². The first-order valence-corrected chi connectivity index (χ1v) is 7.95.